The number of halogens is 4. The van der Waals surface area contributed by atoms with Gasteiger partial charge in [0.25, 0.3) is 0 Å². The van der Waals surface area contributed by atoms with Crippen molar-refractivity contribution >= 4 is 0 Å². The van der Waals surface area contributed by atoms with Gasteiger partial charge in [-0.1, -0.05) is 0 Å². The Kier molecular flexibility index (Phi) is 3.85. The summed E-state index contributed by atoms with van der Waals surface area (Å²) in [7, 11) is 1.54. The lowest BCUT2D eigenvalue weighted by Gasteiger charge is -2.17. The molecule has 0 unspecified atom stereocenters. The second kappa shape index (κ2) is 5.40. The molecular weight excluding hydrogens is 258 g/mol. The fourth-order valence-electron chi connectivity index (χ4n) is 2.01. The van der Waals surface area contributed by atoms with Crippen LogP contribution in [0.15, 0.2) is 36.4 Å². The number of nitrogens with one attached hydrogen (secondary N) is 1. The van der Waals surface area contributed by atoms with Crippen LogP contribution in [0.2, 0.25) is 0 Å². The van der Waals surface area contributed by atoms with Crippen molar-refractivity contribution in [3.05, 3.63) is 70.8 Å². The van der Waals surface area contributed by atoms with E-state index in [1.54, 1.807) is 0 Å². The zero-order valence-corrected chi connectivity index (χ0v) is 10.1. The van der Waals surface area contributed by atoms with Gasteiger partial charge in [-0.3, -0.25) is 0 Å². The minimum Gasteiger partial charge on any atom is -0.309 e. The third kappa shape index (κ3) is 3.12. The van der Waals surface area contributed by atoms with E-state index in [4.69, 9.17) is 0 Å². The fourth-order valence-corrected chi connectivity index (χ4v) is 2.01. The maximum atomic E-state index is 13.2. The molecule has 100 valence electrons. The zero-order valence-electron chi connectivity index (χ0n) is 10.1. The molecule has 0 aliphatic heterocycles. The fraction of sp³-hybridized carbons (Fsp3) is 0.143. The molecule has 0 bridgehead atoms. The highest BCUT2D eigenvalue weighted by atomic mass is 19.1. The van der Waals surface area contributed by atoms with Crippen LogP contribution < -0.4 is 5.32 Å². The van der Waals surface area contributed by atoms with E-state index in [0.717, 1.165) is 36.4 Å². The number of benzene rings is 2. The molecule has 1 N–H and O–H groups in total. The maximum Gasteiger partial charge on any atom is 0.126 e. The molecule has 0 fully saturated rings. The summed E-state index contributed by atoms with van der Waals surface area (Å²) in [4.78, 5) is 0. The van der Waals surface area contributed by atoms with Gasteiger partial charge in [-0.15, -0.1) is 0 Å². The minimum atomic E-state index is -0.743. The van der Waals surface area contributed by atoms with Crippen LogP contribution in [0.3, 0.4) is 0 Å². The third-order valence-corrected chi connectivity index (χ3v) is 2.73. The molecule has 0 amide bonds. The predicted molar refractivity (Wildman–Crippen MR) is 63.6 cm³/mol. The van der Waals surface area contributed by atoms with Gasteiger partial charge in [-0.05, 0) is 42.4 Å². The number of hydrogen-bond donors (Lipinski definition) is 1. The topological polar surface area (TPSA) is 12.0 Å². The summed E-state index contributed by atoms with van der Waals surface area (Å²) in [6.45, 7) is 0. The highest BCUT2D eigenvalue weighted by Gasteiger charge is 2.16. The number of rotatable bonds is 3. The van der Waals surface area contributed by atoms with Crippen LogP contribution in [-0.4, -0.2) is 7.05 Å². The normalized spacial score (nSPS) is 11.1. The molecule has 19 heavy (non-hydrogen) atoms. The van der Waals surface area contributed by atoms with Crippen molar-refractivity contribution in [2.45, 2.75) is 6.04 Å². The molecule has 0 spiro atoms. The Hall–Kier alpha value is -1.88. The third-order valence-electron chi connectivity index (χ3n) is 2.73. The van der Waals surface area contributed by atoms with E-state index >= 15 is 0 Å². The van der Waals surface area contributed by atoms with Gasteiger partial charge in [-0.2, -0.15) is 0 Å². The van der Waals surface area contributed by atoms with Crippen LogP contribution in [0.25, 0.3) is 0 Å². The van der Waals surface area contributed by atoms with Crippen molar-refractivity contribution in [3.63, 3.8) is 0 Å². The van der Waals surface area contributed by atoms with Gasteiger partial charge in [0.05, 0.1) is 6.04 Å². The van der Waals surface area contributed by atoms with Crippen LogP contribution in [0.5, 0.6) is 0 Å². The minimum absolute atomic E-state index is 0.255. The van der Waals surface area contributed by atoms with Crippen molar-refractivity contribution in [2.75, 3.05) is 7.05 Å². The number of hydrogen-bond acceptors (Lipinski definition) is 1. The molecule has 2 aromatic rings. The summed E-state index contributed by atoms with van der Waals surface area (Å²) < 4.78 is 52.7. The van der Waals surface area contributed by atoms with Crippen LogP contribution in [0.4, 0.5) is 17.6 Å². The summed E-state index contributed by atoms with van der Waals surface area (Å²) in [5, 5.41) is 2.78. The van der Waals surface area contributed by atoms with E-state index in [0.29, 0.717) is 0 Å². The Labute approximate surface area is 107 Å². The second-order valence-corrected chi connectivity index (χ2v) is 4.13. The van der Waals surface area contributed by atoms with E-state index in [2.05, 4.69) is 5.32 Å². The average Bonchev–Trinajstić information content (AvgIpc) is 2.27. The summed E-state index contributed by atoms with van der Waals surface area (Å²) >= 11 is 0. The second-order valence-electron chi connectivity index (χ2n) is 4.13. The monoisotopic (exact) mass is 269 g/mol. The maximum absolute atomic E-state index is 13.2. The molecule has 5 heteroatoms. The first-order valence-electron chi connectivity index (χ1n) is 5.59. The van der Waals surface area contributed by atoms with E-state index in [9.17, 15) is 17.6 Å². The Morgan fingerprint density at radius 2 is 1.00 bits per heavy atom. The Bertz CT molecular complexity index is 506. The molecule has 0 heterocycles. The van der Waals surface area contributed by atoms with Crippen LogP contribution in [0, 0.1) is 23.3 Å². The van der Waals surface area contributed by atoms with E-state index < -0.39 is 29.3 Å². The molecule has 2 rings (SSSR count). The first-order chi connectivity index (χ1) is 8.99. The van der Waals surface area contributed by atoms with Crippen molar-refractivity contribution in [2.24, 2.45) is 0 Å². The molecule has 0 saturated heterocycles. The van der Waals surface area contributed by atoms with Crippen molar-refractivity contribution < 1.29 is 17.6 Å². The lowest BCUT2D eigenvalue weighted by molar-refractivity contribution is 0.562. The Balaban J connectivity index is 2.49. The molecule has 2 aromatic carbocycles. The van der Waals surface area contributed by atoms with Gasteiger partial charge in [-0.25, -0.2) is 17.6 Å². The highest BCUT2D eigenvalue weighted by Crippen LogP contribution is 2.24. The zero-order chi connectivity index (χ0) is 14.0. The van der Waals surface area contributed by atoms with Crippen molar-refractivity contribution in [1.29, 1.82) is 0 Å². The molecule has 0 aromatic heterocycles. The predicted octanol–water partition coefficient (Wildman–Crippen LogP) is 3.55. The Morgan fingerprint density at radius 1 is 0.684 bits per heavy atom. The van der Waals surface area contributed by atoms with E-state index in [1.807, 2.05) is 0 Å². The standard InChI is InChI=1S/C14H11F4N/c1-19-14(8-2-10(15)6-11(16)3-8)9-4-12(17)7-13(18)5-9/h2-7,14,19H,1H3. The van der Waals surface area contributed by atoms with Gasteiger partial charge in [0.1, 0.15) is 23.3 Å². The van der Waals surface area contributed by atoms with Crippen LogP contribution >= 0.6 is 0 Å². The van der Waals surface area contributed by atoms with Gasteiger partial charge < -0.3 is 5.32 Å². The van der Waals surface area contributed by atoms with E-state index in [1.165, 1.54) is 7.05 Å². The quantitative estimate of drug-likeness (QED) is 0.840. The van der Waals surface area contributed by atoms with Crippen LogP contribution in [0.1, 0.15) is 17.2 Å². The molecule has 0 saturated carbocycles. The summed E-state index contributed by atoms with van der Waals surface area (Å²) in [6.07, 6.45) is 0. The highest BCUT2D eigenvalue weighted by molar-refractivity contribution is 5.33. The van der Waals surface area contributed by atoms with Crippen molar-refractivity contribution in [1.82, 2.24) is 5.32 Å². The first kappa shape index (κ1) is 13.5. The van der Waals surface area contributed by atoms with E-state index in [-0.39, 0.29) is 11.1 Å². The lowest BCUT2D eigenvalue weighted by atomic mass is 9.98. The molecular formula is C14H11F4N. The average molecular weight is 269 g/mol. The summed E-state index contributed by atoms with van der Waals surface area (Å²) in [5.74, 6) is -2.97. The largest absolute Gasteiger partial charge is 0.309 e. The molecule has 1 nitrogen and oxygen atoms in total. The SMILES string of the molecule is CNC(c1cc(F)cc(F)c1)c1cc(F)cc(F)c1. The van der Waals surface area contributed by atoms with Gasteiger partial charge in [0.2, 0.25) is 0 Å². The molecule has 0 aliphatic rings. The van der Waals surface area contributed by atoms with Gasteiger partial charge in [0.15, 0.2) is 0 Å². The summed E-state index contributed by atoms with van der Waals surface area (Å²) in [5.41, 5.74) is 0.509. The first-order valence-corrected chi connectivity index (χ1v) is 5.59. The summed E-state index contributed by atoms with van der Waals surface area (Å²) in [6, 6.07) is 5.25. The molecule has 0 aliphatic carbocycles. The molecule has 0 atom stereocenters. The Morgan fingerprint density at radius 3 is 1.26 bits per heavy atom. The smallest absolute Gasteiger partial charge is 0.126 e. The van der Waals surface area contributed by atoms with Crippen LogP contribution in [-0.2, 0) is 0 Å². The van der Waals surface area contributed by atoms with Gasteiger partial charge >= 0.3 is 0 Å². The molecule has 0 radical (unpaired) electrons. The lowest BCUT2D eigenvalue weighted by Crippen LogP contribution is -2.18. The van der Waals surface area contributed by atoms with Gasteiger partial charge in [0, 0.05) is 12.1 Å². The van der Waals surface area contributed by atoms with Crippen molar-refractivity contribution in [3.8, 4) is 0 Å².